The molecule has 0 amide bonds. The van der Waals surface area contributed by atoms with E-state index in [9.17, 15) is 0 Å². The van der Waals surface area contributed by atoms with Gasteiger partial charge in [0.25, 0.3) is 0 Å². The van der Waals surface area contributed by atoms with E-state index >= 15 is 0 Å². The van der Waals surface area contributed by atoms with E-state index < -0.39 is 0 Å². The second-order valence-electron chi connectivity index (χ2n) is 8.95. The molecule has 0 N–H and O–H groups in total. The molecule has 0 aromatic heterocycles. The van der Waals surface area contributed by atoms with Crippen molar-refractivity contribution in [2.24, 2.45) is 5.92 Å². The second-order valence-corrected chi connectivity index (χ2v) is 8.95. The van der Waals surface area contributed by atoms with Crippen LogP contribution in [0.25, 0.3) is 0 Å². The molecule has 2 aromatic rings. The molecule has 27 heavy (non-hydrogen) atoms. The maximum absolute atomic E-state index is 5.91. The Hall–Kier alpha value is -1.96. The topological polar surface area (TPSA) is 18.5 Å². The first kappa shape index (κ1) is 21.3. The van der Waals surface area contributed by atoms with Gasteiger partial charge in [0.1, 0.15) is 11.5 Å². The molecule has 0 radical (unpaired) electrons. The van der Waals surface area contributed by atoms with Gasteiger partial charge in [0, 0.05) is 11.5 Å². The van der Waals surface area contributed by atoms with E-state index in [0.717, 1.165) is 22.6 Å². The van der Waals surface area contributed by atoms with Crippen LogP contribution >= 0.6 is 0 Å². The standard InChI is InChI=1S/C25H36O2/c1-15(2)21(19-11-13-20(14-12-19)25(6,7)8)22-18(5)23(26-9)16(3)17(4)24(22)27-10/h11-15,21H,1-10H3. The first-order chi connectivity index (χ1) is 12.5. The lowest BCUT2D eigenvalue weighted by Crippen LogP contribution is -2.15. The summed E-state index contributed by atoms with van der Waals surface area (Å²) in [6.45, 7) is 17.7. The highest BCUT2D eigenvalue weighted by atomic mass is 16.5. The third kappa shape index (κ3) is 4.00. The zero-order valence-corrected chi connectivity index (χ0v) is 18.8. The highest BCUT2D eigenvalue weighted by Gasteiger charge is 2.28. The van der Waals surface area contributed by atoms with Crippen molar-refractivity contribution in [3.8, 4) is 11.5 Å². The molecular formula is C25H36O2. The predicted molar refractivity (Wildman–Crippen MR) is 116 cm³/mol. The van der Waals surface area contributed by atoms with E-state index in [1.54, 1.807) is 14.2 Å². The average Bonchev–Trinajstić information content (AvgIpc) is 2.59. The predicted octanol–water partition coefficient (Wildman–Crippen LogP) is 6.71. The van der Waals surface area contributed by atoms with Crippen LogP contribution in [-0.2, 0) is 5.41 Å². The van der Waals surface area contributed by atoms with Crippen molar-refractivity contribution in [2.75, 3.05) is 14.2 Å². The minimum atomic E-state index is 0.156. The Labute approximate surface area is 165 Å². The van der Waals surface area contributed by atoms with Gasteiger partial charge in [-0.3, -0.25) is 0 Å². The molecule has 1 atom stereocenters. The van der Waals surface area contributed by atoms with E-state index in [4.69, 9.17) is 9.47 Å². The third-order valence-corrected chi connectivity index (χ3v) is 5.75. The minimum absolute atomic E-state index is 0.156. The van der Waals surface area contributed by atoms with Crippen molar-refractivity contribution < 1.29 is 9.47 Å². The Morgan fingerprint density at radius 3 is 1.63 bits per heavy atom. The highest BCUT2D eigenvalue weighted by molar-refractivity contribution is 5.61. The van der Waals surface area contributed by atoms with Gasteiger partial charge in [-0.05, 0) is 59.9 Å². The summed E-state index contributed by atoms with van der Waals surface area (Å²) in [6.07, 6.45) is 0. The van der Waals surface area contributed by atoms with E-state index in [2.05, 4.69) is 79.7 Å². The summed E-state index contributed by atoms with van der Waals surface area (Å²) in [6, 6.07) is 9.10. The molecule has 0 aliphatic rings. The van der Waals surface area contributed by atoms with E-state index in [1.807, 2.05) is 0 Å². The van der Waals surface area contributed by atoms with Gasteiger partial charge >= 0.3 is 0 Å². The first-order valence-electron chi connectivity index (χ1n) is 9.86. The van der Waals surface area contributed by atoms with Crippen LogP contribution in [0, 0.1) is 26.7 Å². The minimum Gasteiger partial charge on any atom is -0.496 e. The van der Waals surface area contributed by atoms with Gasteiger partial charge in [0.05, 0.1) is 14.2 Å². The van der Waals surface area contributed by atoms with Crippen LogP contribution in [-0.4, -0.2) is 14.2 Å². The van der Waals surface area contributed by atoms with Gasteiger partial charge in [0.15, 0.2) is 0 Å². The number of benzene rings is 2. The Morgan fingerprint density at radius 2 is 1.22 bits per heavy atom. The van der Waals surface area contributed by atoms with Gasteiger partial charge in [-0.15, -0.1) is 0 Å². The number of hydrogen-bond acceptors (Lipinski definition) is 2. The quantitative estimate of drug-likeness (QED) is 0.583. The fraction of sp³-hybridized carbons (Fsp3) is 0.520. The summed E-state index contributed by atoms with van der Waals surface area (Å²) < 4.78 is 11.7. The van der Waals surface area contributed by atoms with Gasteiger partial charge in [-0.25, -0.2) is 0 Å². The van der Waals surface area contributed by atoms with Crippen molar-refractivity contribution in [3.05, 3.63) is 57.6 Å². The summed E-state index contributed by atoms with van der Waals surface area (Å²) in [5, 5.41) is 0. The lowest BCUT2D eigenvalue weighted by molar-refractivity contribution is 0.384. The van der Waals surface area contributed by atoms with Gasteiger partial charge in [-0.2, -0.15) is 0 Å². The Kier molecular flexibility index (Phi) is 6.29. The zero-order chi connectivity index (χ0) is 20.5. The largest absolute Gasteiger partial charge is 0.496 e. The van der Waals surface area contributed by atoms with Crippen LogP contribution in [0.3, 0.4) is 0 Å². The molecule has 0 saturated heterocycles. The van der Waals surface area contributed by atoms with E-state index in [-0.39, 0.29) is 11.3 Å². The maximum Gasteiger partial charge on any atom is 0.126 e. The van der Waals surface area contributed by atoms with Crippen molar-refractivity contribution in [3.63, 3.8) is 0 Å². The van der Waals surface area contributed by atoms with E-state index in [0.29, 0.717) is 5.92 Å². The molecule has 1 unspecified atom stereocenters. The molecular weight excluding hydrogens is 332 g/mol. The first-order valence-corrected chi connectivity index (χ1v) is 9.86. The monoisotopic (exact) mass is 368 g/mol. The van der Waals surface area contributed by atoms with Crippen LogP contribution in [0.15, 0.2) is 24.3 Å². The van der Waals surface area contributed by atoms with Crippen molar-refractivity contribution >= 4 is 0 Å². The van der Waals surface area contributed by atoms with Crippen LogP contribution in [0.4, 0.5) is 0 Å². The Morgan fingerprint density at radius 1 is 0.741 bits per heavy atom. The fourth-order valence-corrected chi connectivity index (χ4v) is 4.14. The van der Waals surface area contributed by atoms with Crippen LogP contribution < -0.4 is 9.47 Å². The zero-order valence-electron chi connectivity index (χ0n) is 18.8. The molecule has 2 heteroatoms. The molecule has 0 spiro atoms. The Balaban J connectivity index is 2.73. The lowest BCUT2D eigenvalue weighted by atomic mass is 9.77. The molecule has 0 aliphatic carbocycles. The SMILES string of the molecule is COc1c(C)c(C)c(OC)c(C(c2ccc(C(C)(C)C)cc2)C(C)C)c1C. The normalized spacial score (nSPS) is 13.0. The summed E-state index contributed by atoms with van der Waals surface area (Å²) in [7, 11) is 3.53. The number of rotatable bonds is 5. The summed E-state index contributed by atoms with van der Waals surface area (Å²) in [5.41, 5.74) is 7.57. The summed E-state index contributed by atoms with van der Waals surface area (Å²) in [4.78, 5) is 0. The molecule has 2 rings (SSSR count). The van der Waals surface area contributed by atoms with Gasteiger partial charge in [0.2, 0.25) is 0 Å². The van der Waals surface area contributed by atoms with Crippen molar-refractivity contribution in [1.82, 2.24) is 0 Å². The molecule has 2 nitrogen and oxygen atoms in total. The fourth-order valence-electron chi connectivity index (χ4n) is 4.14. The Bertz CT molecular complexity index is 793. The average molecular weight is 369 g/mol. The molecule has 148 valence electrons. The van der Waals surface area contributed by atoms with Crippen LogP contribution in [0.2, 0.25) is 0 Å². The third-order valence-electron chi connectivity index (χ3n) is 5.75. The highest BCUT2D eigenvalue weighted by Crippen LogP contribution is 2.46. The molecule has 0 heterocycles. The molecule has 0 aliphatic heterocycles. The number of hydrogen-bond donors (Lipinski definition) is 0. The summed E-state index contributed by atoms with van der Waals surface area (Å²) >= 11 is 0. The summed E-state index contributed by atoms with van der Waals surface area (Å²) in [5.74, 6) is 2.65. The van der Waals surface area contributed by atoms with Crippen molar-refractivity contribution in [2.45, 2.75) is 66.7 Å². The molecule has 0 saturated carbocycles. The van der Waals surface area contributed by atoms with Gasteiger partial charge in [-0.1, -0.05) is 58.9 Å². The van der Waals surface area contributed by atoms with Gasteiger partial charge < -0.3 is 9.47 Å². The maximum atomic E-state index is 5.91. The number of methoxy groups -OCH3 is 2. The van der Waals surface area contributed by atoms with Crippen LogP contribution in [0.1, 0.15) is 73.9 Å². The molecule has 2 aromatic carbocycles. The second kappa shape index (κ2) is 7.96. The number of ether oxygens (including phenoxy) is 2. The van der Waals surface area contributed by atoms with E-state index in [1.165, 1.54) is 22.3 Å². The lowest BCUT2D eigenvalue weighted by Gasteiger charge is -2.29. The van der Waals surface area contributed by atoms with Crippen molar-refractivity contribution in [1.29, 1.82) is 0 Å². The van der Waals surface area contributed by atoms with Crippen LogP contribution in [0.5, 0.6) is 11.5 Å². The molecule has 0 fully saturated rings. The molecule has 0 bridgehead atoms. The smallest absolute Gasteiger partial charge is 0.126 e.